The number of H-pyrrole nitrogens is 1. The van der Waals surface area contributed by atoms with Crippen molar-refractivity contribution in [3.63, 3.8) is 0 Å². The summed E-state index contributed by atoms with van der Waals surface area (Å²) >= 11 is 0. The van der Waals surface area contributed by atoms with E-state index in [9.17, 15) is 0 Å². The SMILES string of the molecule is C=C1CCCc2[nH]c(C)[c-]c21.[Y]. The molecular weight excluding hydrogens is 223 g/mol. The van der Waals surface area contributed by atoms with E-state index >= 15 is 0 Å². The molecule has 0 aliphatic heterocycles. The Labute approximate surface area is 98.5 Å². The number of aromatic nitrogens is 1. The number of allylic oxidation sites excluding steroid dienone is 1. The molecule has 61 valence electrons. The number of hydrogen-bond donors (Lipinski definition) is 1. The van der Waals surface area contributed by atoms with Gasteiger partial charge in [-0.25, -0.2) is 0 Å². The summed E-state index contributed by atoms with van der Waals surface area (Å²) < 4.78 is 0. The molecule has 0 unspecified atom stereocenters. The van der Waals surface area contributed by atoms with Crippen LogP contribution in [0, 0.1) is 13.0 Å². The van der Waals surface area contributed by atoms with Gasteiger partial charge < -0.3 is 4.98 Å². The second-order valence-corrected chi connectivity index (χ2v) is 3.19. The minimum absolute atomic E-state index is 0. The molecule has 1 radical (unpaired) electrons. The van der Waals surface area contributed by atoms with Crippen LogP contribution in [0.5, 0.6) is 0 Å². The molecule has 0 amide bonds. The van der Waals surface area contributed by atoms with E-state index in [1.165, 1.54) is 29.7 Å². The minimum atomic E-state index is 0. The van der Waals surface area contributed by atoms with E-state index in [0.29, 0.717) is 0 Å². The fourth-order valence-corrected chi connectivity index (χ4v) is 1.68. The average molecular weight is 235 g/mol. The standard InChI is InChI=1S/C10H12N.Y/c1-7-4-3-5-10-9(7)6-8(2)11-10;/h11H,1,3-5H2,2H3;/q-1;. The Morgan fingerprint density at radius 3 is 2.83 bits per heavy atom. The maximum Gasteiger partial charge on any atom is 0 e. The van der Waals surface area contributed by atoms with Gasteiger partial charge in [-0.15, -0.1) is 0 Å². The van der Waals surface area contributed by atoms with Gasteiger partial charge in [0.1, 0.15) is 0 Å². The number of aryl methyl sites for hydroxylation is 2. The molecule has 2 heteroatoms. The Balaban J connectivity index is 0.000000720. The Hall–Kier alpha value is 0.124. The molecule has 1 aromatic heterocycles. The van der Waals surface area contributed by atoms with Gasteiger partial charge in [0, 0.05) is 32.7 Å². The first kappa shape index (κ1) is 10.2. The van der Waals surface area contributed by atoms with Gasteiger partial charge in [0.2, 0.25) is 0 Å². The predicted octanol–water partition coefficient (Wildman–Crippen LogP) is 2.47. The molecule has 1 heterocycles. The van der Waals surface area contributed by atoms with Crippen molar-refractivity contribution in [3.05, 3.63) is 29.6 Å². The van der Waals surface area contributed by atoms with Crippen molar-refractivity contribution in [3.8, 4) is 0 Å². The number of fused-ring (bicyclic) bond motifs is 1. The topological polar surface area (TPSA) is 15.8 Å². The fraction of sp³-hybridized carbons (Fsp3) is 0.400. The molecule has 0 spiro atoms. The third-order valence-corrected chi connectivity index (χ3v) is 2.21. The van der Waals surface area contributed by atoms with Crippen molar-refractivity contribution in [2.24, 2.45) is 0 Å². The molecule has 0 atom stereocenters. The van der Waals surface area contributed by atoms with Gasteiger partial charge in [0.05, 0.1) is 0 Å². The summed E-state index contributed by atoms with van der Waals surface area (Å²) in [6.45, 7) is 6.06. The van der Waals surface area contributed by atoms with E-state index in [1.54, 1.807) is 0 Å². The smallest absolute Gasteiger partial charge is 0 e. The molecule has 0 saturated carbocycles. The molecule has 0 aromatic carbocycles. The van der Waals surface area contributed by atoms with Gasteiger partial charge in [-0.2, -0.15) is 23.8 Å². The Kier molecular flexibility index (Phi) is 3.31. The molecular formula is C10H12NY-. The van der Waals surface area contributed by atoms with Gasteiger partial charge in [0.25, 0.3) is 0 Å². The third kappa shape index (κ3) is 1.72. The van der Waals surface area contributed by atoms with Crippen molar-refractivity contribution in [1.29, 1.82) is 0 Å². The first-order chi connectivity index (χ1) is 5.27. The van der Waals surface area contributed by atoms with Crippen molar-refractivity contribution < 1.29 is 32.7 Å². The van der Waals surface area contributed by atoms with Crippen LogP contribution in [-0.4, -0.2) is 4.98 Å². The molecule has 1 nitrogen and oxygen atoms in total. The maximum atomic E-state index is 4.02. The zero-order valence-electron chi connectivity index (χ0n) is 7.41. The summed E-state index contributed by atoms with van der Waals surface area (Å²) in [5.41, 5.74) is 4.96. The number of nitrogens with one attached hydrogen (secondary N) is 1. The molecule has 0 fully saturated rings. The molecule has 1 aliphatic carbocycles. The first-order valence-electron chi connectivity index (χ1n) is 4.06. The van der Waals surface area contributed by atoms with Crippen LogP contribution in [0.4, 0.5) is 0 Å². The van der Waals surface area contributed by atoms with Crippen molar-refractivity contribution in [2.45, 2.75) is 26.2 Å². The summed E-state index contributed by atoms with van der Waals surface area (Å²) in [6, 6.07) is 3.29. The van der Waals surface area contributed by atoms with Crippen molar-refractivity contribution in [1.82, 2.24) is 4.98 Å². The van der Waals surface area contributed by atoms with Crippen LogP contribution in [0.1, 0.15) is 29.8 Å². The van der Waals surface area contributed by atoms with E-state index in [-0.39, 0.29) is 32.7 Å². The van der Waals surface area contributed by atoms with Crippen LogP contribution < -0.4 is 0 Å². The molecule has 1 N–H and O–H groups in total. The van der Waals surface area contributed by atoms with Gasteiger partial charge in [-0.05, 0) is 6.92 Å². The second-order valence-electron chi connectivity index (χ2n) is 3.19. The quantitative estimate of drug-likeness (QED) is 0.665. The largest absolute Gasteiger partial charge is 0.425 e. The van der Waals surface area contributed by atoms with E-state index in [4.69, 9.17) is 0 Å². The van der Waals surface area contributed by atoms with Crippen molar-refractivity contribution >= 4 is 5.57 Å². The normalized spacial score (nSPS) is 15.2. The number of rotatable bonds is 0. The molecule has 2 rings (SSSR count). The zero-order chi connectivity index (χ0) is 7.84. The van der Waals surface area contributed by atoms with Crippen molar-refractivity contribution in [2.75, 3.05) is 0 Å². The molecule has 1 aliphatic rings. The molecule has 0 saturated heterocycles. The summed E-state index contributed by atoms with van der Waals surface area (Å²) in [4.78, 5) is 3.31. The molecule has 12 heavy (non-hydrogen) atoms. The van der Waals surface area contributed by atoms with Crippen LogP contribution in [-0.2, 0) is 39.1 Å². The fourth-order valence-electron chi connectivity index (χ4n) is 1.68. The van der Waals surface area contributed by atoms with E-state index in [1.807, 2.05) is 6.92 Å². The summed E-state index contributed by atoms with van der Waals surface area (Å²) in [7, 11) is 0. The maximum absolute atomic E-state index is 4.02. The number of hydrogen-bond acceptors (Lipinski definition) is 0. The van der Waals surface area contributed by atoms with E-state index in [2.05, 4.69) is 17.6 Å². The number of aromatic amines is 1. The second kappa shape index (κ2) is 3.89. The van der Waals surface area contributed by atoms with Gasteiger partial charge in [-0.1, -0.05) is 30.7 Å². The van der Waals surface area contributed by atoms with Crippen LogP contribution in [0.25, 0.3) is 5.57 Å². The zero-order valence-corrected chi connectivity index (χ0v) is 10.2. The molecule has 1 aromatic rings. The van der Waals surface area contributed by atoms with Crippen LogP contribution >= 0.6 is 0 Å². The Bertz CT molecular complexity index is 299. The summed E-state index contributed by atoms with van der Waals surface area (Å²) in [5.74, 6) is 0. The summed E-state index contributed by atoms with van der Waals surface area (Å²) in [5, 5.41) is 0. The van der Waals surface area contributed by atoms with E-state index in [0.717, 1.165) is 12.1 Å². The first-order valence-corrected chi connectivity index (χ1v) is 4.06. The van der Waals surface area contributed by atoms with Crippen LogP contribution in [0.2, 0.25) is 0 Å². The third-order valence-electron chi connectivity index (χ3n) is 2.21. The van der Waals surface area contributed by atoms with Gasteiger partial charge in [0.15, 0.2) is 0 Å². The summed E-state index contributed by atoms with van der Waals surface area (Å²) in [6.07, 6.45) is 3.54. The van der Waals surface area contributed by atoms with Gasteiger partial charge in [-0.3, -0.25) is 0 Å². The minimum Gasteiger partial charge on any atom is -0.425 e. The van der Waals surface area contributed by atoms with Gasteiger partial charge >= 0.3 is 0 Å². The average Bonchev–Trinajstić information content (AvgIpc) is 2.31. The monoisotopic (exact) mass is 235 g/mol. The Morgan fingerprint density at radius 2 is 2.17 bits per heavy atom. The van der Waals surface area contributed by atoms with Crippen LogP contribution in [0.15, 0.2) is 6.58 Å². The predicted molar refractivity (Wildman–Crippen MR) is 46.3 cm³/mol. The van der Waals surface area contributed by atoms with E-state index < -0.39 is 0 Å². The van der Waals surface area contributed by atoms with Crippen LogP contribution in [0.3, 0.4) is 0 Å². The molecule has 0 bridgehead atoms. The Morgan fingerprint density at radius 1 is 1.42 bits per heavy atom.